The molecule has 0 aromatic heterocycles. The molecule has 0 unspecified atom stereocenters. The Labute approximate surface area is 172 Å². The highest BCUT2D eigenvalue weighted by Gasteiger charge is 2.25. The van der Waals surface area contributed by atoms with Crippen LogP contribution in [-0.2, 0) is 10.0 Å². The van der Waals surface area contributed by atoms with Crippen LogP contribution in [0.5, 0.6) is 0 Å². The highest BCUT2D eigenvalue weighted by Crippen LogP contribution is 2.28. The van der Waals surface area contributed by atoms with Gasteiger partial charge in [-0.1, -0.05) is 23.2 Å². The van der Waals surface area contributed by atoms with Crippen molar-refractivity contribution in [3.63, 3.8) is 0 Å². The average molecular weight is 446 g/mol. The lowest BCUT2D eigenvalue weighted by atomic mass is 10.1. The van der Waals surface area contributed by atoms with Gasteiger partial charge in [-0.15, -0.1) is 0 Å². The highest BCUT2D eigenvalue weighted by molar-refractivity contribution is 7.89. The first kappa shape index (κ1) is 22.1. The van der Waals surface area contributed by atoms with Crippen molar-refractivity contribution in [3.05, 3.63) is 62.1 Å². The minimum atomic E-state index is -3.97. The molecule has 0 aliphatic carbocycles. The number of halogens is 2. The molecular formula is C17H17Cl2N3O5S. The fraction of sp³-hybridized carbons (Fsp3) is 0.235. The number of carbonyl (C=O) groups excluding carboxylic acids is 1. The van der Waals surface area contributed by atoms with Gasteiger partial charge in [0.1, 0.15) is 9.92 Å². The fourth-order valence-corrected chi connectivity index (χ4v) is 4.37. The maximum Gasteiger partial charge on any atom is 0.289 e. The lowest BCUT2D eigenvalue weighted by Crippen LogP contribution is -2.40. The molecule has 2 rings (SSSR count). The number of carbonyl (C=O) groups is 1. The third-order valence-corrected chi connectivity index (χ3v) is 5.88. The molecule has 150 valence electrons. The van der Waals surface area contributed by atoms with Gasteiger partial charge in [0.25, 0.3) is 11.6 Å². The number of sulfonamides is 1. The van der Waals surface area contributed by atoms with Crippen LogP contribution in [0.3, 0.4) is 0 Å². The van der Waals surface area contributed by atoms with Crippen LogP contribution < -0.4 is 10.0 Å². The molecule has 8 nitrogen and oxygen atoms in total. The second-order valence-electron chi connectivity index (χ2n) is 6.88. The number of nitrogens with one attached hydrogen (secondary N) is 2. The van der Waals surface area contributed by atoms with E-state index in [2.05, 4.69) is 10.0 Å². The van der Waals surface area contributed by atoms with E-state index in [9.17, 15) is 23.3 Å². The van der Waals surface area contributed by atoms with Crippen molar-refractivity contribution in [3.8, 4) is 0 Å². The van der Waals surface area contributed by atoms with Crippen LogP contribution in [0.2, 0.25) is 10.0 Å². The summed E-state index contributed by atoms with van der Waals surface area (Å²) in [4.78, 5) is 22.5. The molecule has 11 heteroatoms. The first-order valence-corrected chi connectivity index (χ1v) is 10.1. The van der Waals surface area contributed by atoms with Crippen LogP contribution in [-0.4, -0.2) is 24.8 Å². The van der Waals surface area contributed by atoms with Crippen LogP contribution >= 0.6 is 23.2 Å². The smallest absolute Gasteiger partial charge is 0.289 e. The second-order valence-corrected chi connectivity index (χ2v) is 9.34. The molecule has 2 N–H and O–H groups in total. The maximum atomic E-state index is 12.5. The van der Waals surface area contributed by atoms with Crippen molar-refractivity contribution >= 4 is 50.5 Å². The molecule has 28 heavy (non-hydrogen) atoms. The first-order chi connectivity index (χ1) is 12.8. The van der Waals surface area contributed by atoms with E-state index in [1.54, 1.807) is 20.8 Å². The Morgan fingerprint density at radius 3 is 2.25 bits per heavy atom. The Balaban J connectivity index is 2.35. The van der Waals surface area contributed by atoms with E-state index in [0.717, 1.165) is 12.1 Å². The summed E-state index contributed by atoms with van der Waals surface area (Å²) in [6.45, 7) is 5.01. The summed E-state index contributed by atoms with van der Waals surface area (Å²) >= 11 is 11.8. The first-order valence-electron chi connectivity index (χ1n) is 7.89. The monoisotopic (exact) mass is 445 g/mol. The average Bonchev–Trinajstić information content (AvgIpc) is 2.54. The third-order valence-electron chi connectivity index (χ3n) is 3.32. The van der Waals surface area contributed by atoms with Crippen LogP contribution in [0, 0.1) is 10.1 Å². The molecule has 1 amide bonds. The predicted octanol–water partition coefficient (Wildman–Crippen LogP) is 4.23. The molecule has 0 radical (unpaired) electrons. The van der Waals surface area contributed by atoms with Crippen LogP contribution in [0.15, 0.2) is 41.3 Å². The SMILES string of the molecule is CC(C)(C)NS(=O)(=O)c1cc(C(=O)Nc2ccc(Cl)c([N+](=O)[O-])c2)ccc1Cl. The zero-order valence-electron chi connectivity index (χ0n) is 15.1. The molecule has 0 saturated heterocycles. The van der Waals surface area contributed by atoms with Gasteiger partial charge in [0.2, 0.25) is 10.0 Å². The number of hydrogen-bond donors (Lipinski definition) is 2. The van der Waals surface area contributed by atoms with E-state index in [1.165, 1.54) is 24.3 Å². The Morgan fingerprint density at radius 1 is 1.07 bits per heavy atom. The molecular weight excluding hydrogens is 429 g/mol. The number of nitro groups is 1. The molecule has 0 aliphatic heterocycles. The molecule has 2 aromatic rings. The molecule has 0 heterocycles. The largest absolute Gasteiger partial charge is 0.322 e. The number of hydrogen-bond acceptors (Lipinski definition) is 5. The summed E-state index contributed by atoms with van der Waals surface area (Å²) in [6.07, 6.45) is 0. The van der Waals surface area contributed by atoms with Gasteiger partial charge in [-0.3, -0.25) is 14.9 Å². The highest BCUT2D eigenvalue weighted by atomic mass is 35.5. The lowest BCUT2D eigenvalue weighted by molar-refractivity contribution is -0.384. The van der Waals surface area contributed by atoms with Crippen molar-refractivity contribution in [1.82, 2.24) is 4.72 Å². The van der Waals surface area contributed by atoms with Crippen LogP contribution in [0.25, 0.3) is 0 Å². The molecule has 0 fully saturated rings. The summed E-state index contributed by atoms with van der Waals surface area (Å²) in [5.74, 6) is -0.666. The molecule has 0 aliphatic rings. The van der Waals surface area contributed by atoms with Crippen molar-refractivity contribution in [2.75, 3.05) is 5.32 Å². The summed E-state index contributed by atoms with van der Waals surface area (Å²) in [5, 5.41) is 13.3. The van der Waals surface area contributed by atoms with E-state index >= 15 is 0 Å². The summed E-state index contributed by atoms with van der Waals surface area (Å²) in [5.41, 5.74) is -0.972. The Bertz CT molecular complexity index is 1050. The van der Waals surface area contributed by atoms with Crippen molar-refractivity contribution in [2.24, 2.45) is 0 Å². The quantitative estimate of drug-likeness (QED) is 0.526. The molecule has 0 saturated carbocycles. The molecule has 0 spiro atoms. The zero-order chi connectivity index (χ0) is 21.3. The molecule has 2 aromatic carbocycles. The van der Waals surface area contributed by atoms with E-state index in [-0.39, 0.29) is 31.9 Å². The Morgan fingerprint density at radius 2 is 1.68 bits per heavy atom. The number of nitro benzene ring substituents is 1. The summed E-state index contributed by atoms with van der Waals surface area (Å²) in [7, 11) is -3.97. The fourth-order valence-electron chi connectivity index (χ4n) is 2.24. The molecule has 0 bridgehead atoms. The normalized spacial score (nSPS) is 11.9. The van der Waals surface area contributed by atoms with Crippen molar-refractivity contribution < 1.29 is 18.1 Å². The second kappa shape index (κ2) is 8.04. The van der Waals surface area contributed by atoms with Gasteiger partial charge >= 0.3 is 0 Å². The number of rotatable bonds is 5. The number of anilines is 1. The van der Waals surface area contributed by atoms with Crippen LogP contribution in [0.4, 0.5) is 11.4 Å². The van der Waals surface area contributed by atoms with Gasteiger partial charge in [-0.2, -0.15) is 0 Å². The van der Waals surface area contributed by atoms with Gasteiger partial charge in [0.15, 0.2) is 0 Å². The molecule has 0 atom stereocenters. The van der Waals surface area contributed by atoms with Gasteiger partial charge in [-0.05, 0) is 51.1 Å². The minimum Gasteiger partial charge on any atom is -0.322 e. The van der Waals surface area contributed by atoms with E-state index in [1.807, 2.05) is 0 Å². The van der Waals surface area contributed by atoms with Gasteiger partial charge in [0, 0.05) is 22.9 Å². The van der Waals surface area contributed by atoms with E-state index in [0.29, 0.717) is 0 Å². The van der Waals surface area contributed by atoms with Crippen LogP contribution in [0.1, 0.15) is 31.1 Å². The standard InChI is InChI=1S/C17H17Cl2N3O5S/c1-17(2,3)21-28(26,27)15-8-10(4-6-13(15)19)16(23)20-11-5-7-12(18)14(9-11)22(24)25/h4-9,21H,1-3H3,(H,20,23). The summed E-state index contributed by atoms with van der Waals surface area (Å²) < 4.78 is 27.5. The topological polar surface area (TPSA) is 118 Å². The number of amides is 1. The Hall–Kier alpha value is -2.20. The van der Waals surface area contributed by atoms with E-state index < -0.39 is 26.4 Å². The predicted molar refractivity (Wildman–Crippen MR) is 108 cm³/mol. The number of benzene rings is 2. The zero-order valence-corrected chi connectivity index (χ0v) is 17.4. The summed E-state index contributed by atoms with van der Waals surface area (Å²) in [6, 6.07) is 7.55. The maximum absolute atomic E-state index is 12.5. The van der Waals surface area contributed by atoms with Crippen molar-refractivity contribution in [2.45, 2.75) is 31.2 Å². The third kappa shape index (κ3) is 5.41. The number of nitrogens with zero attached hydrogens (tertiary/aromatic N) is 1. The van der Waals surface area contributed by atoms with Crippen molar-refractivity contribution in [1.29, 1.82) is 0 Å². The van der Waals surface area contributed by atoms with Gasteiger partial charge < -0.3 is 5.32 Å². The van der Waals surface area contributed by atoms with Gasteiger partial charge in [-0.25, -0.2) is 13.1 Å². The lowest BCUT2D eigenvalue weighted by Gasteiger charge is -2.21. The van der Waals surface area contributed by atoms with Gasteiger partial charge in [0.05, 0.1) is 9.95 Å². The Kier molecular flexibility index (Phi) is 6.34. The minimum absolute atomic E-state index is 0.0105. The van der Waals surface area contributed by atoms with E-state index in [4.69, 9.17) is 23.2 Å².